The van der Waals surface area contributed by atoms with Crippen molar-refractivity contribution in [3.8, 4) is 28.3 Å². The Morgan fingerprint density at radius 3 is 2.40 bits per heavy atom. The van der Waals surface area contributed by atoms with Crippen molar-refractivity contribution in [1.29, 1.82) is 0 Å². The number of hydrogen-bond acceptors (Lipinski definition) is 10. The molecule has 6 bridgehead atoms. The van der Waals surface area contributed by atoms with Gasteiger partial charge >= 0.3 is 6.09 Å². The number of fused-ring (bicyclic) bond motifs is 8. The zero-order chi connectivity index (χ0) is 40.7. The summed E-state index contributed by atoms with van der Waals surface area (Å²) >= 11 is 0. The van der Waals surface area contributed by atoms with E-state index < -0.39 is 74.1 Å². The van der Waals surface area contributed by atoms with Crippen molar-refractivity contribution < 1.29 is 37.1 Å². The number of hydrogen-bond donors (Lipinski definition) is 3. The standard InChI is InChI=1S/C41H51N7O8S/c1-6-28-23-41(28,38(51)46-57(53,54)31-18-19-31)43-36(49)32-22-29-24-47(32)37(50)35(40(2,3)4)42-39(52)56-20-9-7-8-11-25-12-10-13-27(21-25)34-33(44-48(29)45-34)26-14-16-30(55-5)17-15-26/h6,10,12-17,21,28-29,31-32,35H,1,7-9,11,18-20,22-24H2,2-5H3,(H,42,52)(H,43,49)(H,46,51)/t28-,29-,32+,35-,41-/m1/s1. The van der Waals surface area contributed by atoms with E-state index in [1.807, 2.05) is 57.2 Å². The number of ether oxygens (including phenoxy) is 2. The van der Waals surface area contributed by atoms with Gasteiger partial charge in [-0.3, -0.25) is 19.1 Å². The first-order valence-corrected chi connectivity index (χ1v) is 21.1. The van der Waals surface area contributed by atoms with Gasteiger partial charge in [0.05, 0.1) is 25.0 Å². The third-order valence-corrected chi connectivity index (χ3v) is 13.2. The zero-order valence-electron chi connectivity index (χ0n) is 32.8. The lowest BCUT2D eigenvalue weighted by atomic mass is 9.85. The first-order valence-electron chi connectivity index (χ1n) is 19.6. The lowest BCUT2D eigenvalue weighted by molar-refractivity contribution is -0.142. The highest BCUT2D eigenvalue weighted by atomic mass is 32.2. The normalized spacial score (nSPS) is 25.5. The molecule has 15 nitrogen and oxygen atoms in total. The zero-order valence-corrected chi connectivity index (χ0v) is 33.6. The number of rotatable bonds is 8. The van der Waals surface area contributed by atoms with Crippen molar-refractivity contribution in [2.75, 3.05) is 20.3 Å². The number of amides is 4. The minimum absolute atomic E-state index is 0.00339. The van der Waals surface area contributed by atoms with Gasteiger partial charge in [0.1, 0.15) is 34.8 Å². The topological polar surface area (TPSA) is 191 Å². The van der Waals surface area contributed by atoms with Gasteiger partial charge in [0.2, 0.25) is 21.8 Å². The Hall–Kier alpha value is -5.25. The number of aryl methyl sites for hydroxylation is 1. The van der Waals surface area contributed by atoms with Crippen LogP contribution in [0.15, 0.2) is 61.2 Å². The molecule has 1 saturated heterocycles. The Morgan fingerprint density at radius 1 is 1.04 bits per heavy atom. The summed E-state index contributed by atoms with van der Waals surface area (Å²) in [6.07, 6.45) is 5.02. The third kappa shape index (κ3) is 8.41. The maximum Gasteiger partial charge on any atom is 0.407 e. The molecule has 4 aliphatic rings. The quantitative estimate of drug-likeness (QED) is 0.277. The second kappa shape index (κ2) is 15.6. The van der Waals surface area contributed by atoms with Gasteiger partial charge < -0.3 is 25.0 Å². The van der Waals surface area contributed by atoms with E-state index in [4.69, 9.17) is 19.7 Å². The molecule has 2 saturated carbocycles. The molecule has 3 N–H and O–H groups in total. The number of carbonyl (C=O) groups excluding carboxylic acids is 4. The van der Waals surface area contributed by atoms with Crippen molar-refractivity contribution in [2.45, 2.75) is 101 Å². The molecule has 16 heteroatoms. The maximum atomic E-state index is 14.7. The number of carbonyl (C=O) groups is 4. The number of nitrogens with one attached hydrogen (secondary N) is 3. The van der Waals surface area contributed by atoms with Crippen LogP contribution in [0.2, 0.25) is 0 Å². The largest absolute Gasteiger partial charge is 0.497 e. The molecule has 7 rings (SSSR count). The number of alkyl carbamates (subject to hydrolysis) is 1. The van der Waals surface area contributed by atoms with E-state index in [2.05, 4.69) is 34.1 Å². The fourth-order valence-corrected chi connectivity index (χ4v) is 9.10. The summed E-state index contributed by atoms with van der Waals surface area (Å²) in [6.45, 7) is 9.40. The molecule has 5 atom stereocenters. The van der Waals surface area contributed by atoms with E-state index in [0.717, 1.165) is 36.0 Å². The molecule has 2 aromatic carbocycles. The lowest BCUT2D eigenvalue weighted by Crippen LogP contribution is -2.60. The number of nitrogens with zero attached hydrogens (tertiary/aromatic N) is 4. The van der Waals surface area contributed by atoms with Crippen LogP contribution in [0.1, 0.15) is 77.3 Å². The summed E-state index contributed by atoms with van der Waals surface area (Å²) in [5.74, 6) is -1.86. The summed E-state index contributed by atoms with van der Waals surface area (Å²) in [5, 5.41) is 15.0. The molecule has 3 heterocycles. The molecule has 4 amide bonds. The van der Waals surface area contributed by atoms with E-state index >= 15 is 0 Å². The second-order valence-electron chi connectivity index (χ2n) is 16.6. The van der Waals surface area contributed by atoms with Gasteiger partial charge in [-0.15, -0.1) is 6.58 Å². The highest BCUT2D eigenvalue weighted by Gasteiger charge is 2.62. The third-order valence-electron chi connectivity index (χ3n) is 11.4. The summed E-state index contributed by atoms with van der Waals surface area (Å²) in [5.41, 5.74) is 1.62. The number of methoxy groups -OCH3 is 1. The number of benzene rings is 2. The summed E-state index contributed by atoms with van der Waals surface area (Å²) < 4.78 is 38.7. The van der Waals surface area contributed by atoms with E-state index in [1.165, 1.54) is 11.0 Å². The van der Waals surface area contributed by atoms with Crippen LogP contribution in [0, 0.1) is 11.3 Å². The highest BCUT2D eigenvalue weighted by Crippen LogP contribution is 2.46. The fourth-order valence-electron chi connectivity index (χ4n) is 7.74. The molecule has 2 aliphatic carbocycles. The van der Waals surface area contributed by atoms with E-state index in [9.17, 15) is 27.6 Å². The molecule has 0 spiro atoms. The number of cyclic esters (lactones) is 1. The van der Waals surface area contributed by atoms with Gasteiger partial charge in [-0.25, -0.2) is 13.2 Å². The molecule has 3 aromatic rings. The van der Waals surface area contributed by atoms with E-state index in [0.29, 0.717) is 36.4 Å². The van der Waals surface area contributed by atoms with Crippen LogP contribution < -0.4 is 20.1 Å². The second-order valence-corrected chi connectivity index (χ2v) is 18.6. The lowest BCUT2D eigenvalue weighted by Gasteiger charge is -2.35. The van der Waals surface area contributed by atoms with Crippen LogP contribution >= 0.6 is 0 Å². The Labute approximate surface area is 333 Å². The molecule has 57 heavy (non-hydrogen) atoms. The first-order chi connectivity index (χ1) is 27.1. The molecule has 0 radical (unpaired) electrons. The minimum atomic E-state index is -3.91. The van der Waals surface area contributed by atoms with Crippen LogP contribution in [0.25, 0.3) is 22.5 Å². The van der Waals surface area contributed by atoms with Crippen LogP contribution in [0.3, 0.4) is 0 Å². The summed E-state index contributed by atoms with van der Waals surface area (Å²) in [7, 11) is -2.32. The highest BCUT2D eigenvalue weighted by molar-refractivity contribution is 7.91. The molecule has 2 aliphatic heterocycles. The molecule has 304 valence electrons. The fraction of sp³-hybridized carbons (Fsp3) is 0.512. The van der Waals surface area contributed by atoms with Crippen LogP contribution in [0.4, 0.5) is 4.79 Å². The van der Waals surface area contributed by atoms with Gasteiger partial charge in [-0.1, -0.05) is 45.0 Å². The average molecular weight is 802 g/mol. The molecule has 1 aromatic heterocycles. The van der Waals surface area contributed by atoms with Crippen LogP contribution in [-0.4, -0.2) is 95.3 Å². The Kier molecular flexibility index (Phi) is 10.9. The van der Waals surface area contributed by atoms with Gasteiger partial charge in [-0.2, -0.15) is 15.0 Å². The number of aromatic nitrogens is 3. The molecular weight excluding hydrogens is 751 g/mol. The number of sulfonamides is 1. The van der Waals surface area contributed by atoms with Crippen LogP contribution in [-0.2, 0) is 35.6 Å². The van der Waals surface area contributed by atoms with Gasteiger partial charge in [0, 0.05) is 30.0 Å². The average Bonchev–Trinajstić information content (AvgIpc) is 4.07. The Bertz CT molecular complexity index is 2160. The molecule has 0 unspecified atom stereocenters. The van der Waals surface area contributed by atoms with E-state index in [1.54, 1.807) is 11.9 Å². The molecular formula is C41H51N7O8S. The minimum Gasteiger partial charge on any atom is -0.497 e. The maximum absolute atomic E-state index is 14.7. The van der Waals surface area contributed by atoms with Gasteiger partial charge in [0.15, 0.2) is 0 Å². The predicted molar refractivity (Wildman–Crippen MR) is 211 cm³/mol. The monoisotopic (exact) mass is 801 g/mol. The van der Waals surface area contributed by atoms with Crippen molar-refractivity contribution in [3.63, 3.8) is 0 Å². The van der Waals surface area contributed by atoms with Gasteiger partial charge in [0.25, 0.3) is 5.91 Å². The van der Waals surface area contributed by atoms with Crippen molar-refractivity contribution >= 4 is 33.8 Å². The predicted octanol–water partition coefficient (Wildman–Crippen LogP) is 4.30. The van der Waals surface area contributed by atoms with Crippen molar-refractivity contribution in [1.82, 2.24) is 35.2 Å². The Morgan fingerprint density at radius 2 is 1.75 bits per heavy atom. The van der Waals surface area contributed by atoms with Crippen LogP contribution in [0.5, 0.6) is 5.75 Å². The molecule has 3 fully saturated rings. The summed E-state index contributed by atoms with van der Waals surface area (Å²) in [6, 6.07) is 12.8. The van der Waals surface area contributed by atoms with Crippen molar-refractivity contribution in [3.05, 3.63) is 66.7 Å². The SMILES string of the molecule is C=C[C@@H]1C[C@]1(NC(=O)[C@@H]1C[C@@H]2CN1C(=O)[C@H](C(C)(C)C)NC(=O)OCCCCCc1cccc(c1)-c1nn2nc1-c1ccc(OC)cc1)C(=O)NS(=O)(=O)C1CC1. The summed E-state index contributed by atoms with van der Waals surface area (Å²) in [4.78, 5) is 58.9. The first kappa shape index (κ1) is 40.0. The Balaban J connectivity index is 1.28. The van der Waals surface area contributed by atoms with Crippen molar-refractivity contribution in [2.24, 2.45) is 11.3 Å². The van der Waals surface area contributed by atoms with Gasteiger partial charge in [-0.05, 0) is 86.3 Å². The van der Waals surface area contributed by atoms with E-state index in [-0.39, 0.29) is 26.0 Å². The smallest absolute Gasteiger partial charge is 0.407 e.